The van der Waals surface area contributed by atoms with Gasteiger partial charge in [0.25, 0.3) is 0 Å². The van der Waals surface area contributed by atoms with Gasteiger partial charge in [0.1, 0.15) is 23.6 Å². The van der Waals surface area contributed by atoms with E-state index in [0.29, 0.717) is 6.61 Å². The minimum atomic E-state index is -0.0380. The minimum absolute atomic E-state index is 0.0380. The number of pyridine rings is 1. The topological polar surface area (TPSA) is 54.4 Å². The molecule has 0 bridgehead atoms. The summed E-state index contributed by atoms with van der Waals surface area (Å²) >= 11 is 0. The Morgan fingerprint density at radius 2 is 2.09 bits per heavy atom. The van der Waals surface area contributed by atoms with E-state index in [9.17, 15) is 0 Å². The van der Waals surface area contributed by atoms with Gasteiger partial charge in [-0.05, 0) is 25.1 Å². The molecule has 0 N–H and O–H groups in total. The summed E-state index contributed by atoms with van der Waals surface area (Å²) in [5.41, 5.74) is 0.960. The molecule has 0 aromatic carbocycles. The number of ether oxygens (including phenoxy) is 1. The molecule has 0 radical (unpaired) electrons. The molecule has 116 valence electrons. The van der Waals surface area contributed by atoms with Gasteiger partial charge in [-0.25, -0.2) is 15.0 Å². The standard InChI is InChI=1S/C16H21N5O/c1-12-17-8-7-16(18-12)21-9-10-22-14(11-21)13-5-4-6-15(19-13)20(2)3/h4-8,14H,9-11H2,1-3H3. The van der Waals surface area contributed by atoms with Crippen LogP contribution in [0.2, 0.25) is 0 Å². The Balaban J connectivity index is 1.79. The van der Waals surface area contributed by atoms with Crippen molar-refractivity contribution in [2.45, 2.75) is 13.0 Å². The predicted molar refractivity (Wildman–Crippen MR) is 86.2 cm³/mol. The summed E-state index contributed by atoms with van der Waals surface area (Å²) < 4.78 is 5.91. The zero-order valence-electron chi connectivity index (χ0n) is 13.2. The highest BCUT2D eigenvalue weighted by molar-refractivity contribution is 5.40. The van der Waals surface area contributed by atoms with Crippen LogP contribution < -0.4 is 9.80 Å². The highest BCUT2D eigenvalue weighted by Crippen LogP contribution is 2.25. The maximum atomic E-state index is 5.91. The van der Waals surface area contributed by atoms with Gasteiger partial charge in [-0.2, -0.15) is 0 Å². The van der Waals surface area contributed by atoms with Crippen LogP contribution in [0.3, 0.4) is 0 Å². The van der Waals surface area contributed by atoms with E-state index in [1.54, 1.807) is 6.20 Å². The molecule has 0 spiro atoms. The normalized spacial score (nSPS) is 18.3. The Kier molecular flexibility index (Phi) is 4.20. The zero-order chi connectivity index (χ0) is 15.5. The fourth-order valence-corrected chi connectivity index (χ4v) is 2.52. The molecule has 6 heteroatoms. The summed E-state index contributed by atoms with van der Waals surface area (Å²) in [6.07, 6.45) is 1.76. The predicted octanol–water partition coefficient (Wildman–Crippen LogP) is 1.82. The van der Waals surface area contributed by atoms with Gasteiger partial charge in [0.15, 0.2) is 0 Å². The maximum absolute atomic E-state index is 5.91. The highest BCUT2D eigenvalue weighted by atomic mass is 16.5. The van der Waals surface area contributed by atoms with Crippen molar-refractivity contribution in [3.05, 3.63) is 42.0 Å². The van der Waals surface area contributed by atoms with Gasteiger partial charge in [0.2, 0.25) is 0 Å². The van der Waals surface area contributed by atoms with Crippen molar-refractivity contribution >= 4 is 11.6 Å². The largest absolute Gasteiger partial charge is 0.368 e. The monoisotopic (exact) mass is 299 g/mol. The number of morpholine rings is 1. The van der Waals surface area contributed by atoms with Gasteiger partial charge in [-0.1, -0.05) is 6.07 Å². The first-order valence-electron chi connectivity index (χ1n) is 7.44. The SMILES string of the molecule is Cc1nccc(N2CCOC(c3cccc(N(C)C)n3)C2)n1. The second-order valence-electron chi connectivity index (χ2n) is 5.58. The fraction of sp³-hybridized carbons (Fsp3) is 0.438. The van der Waals surface area contributed by atoms with Crippen LogP contribution in [0.1, 0.15) is 17.6 Å². The molecule has 1 aliphatic heterocycles. The van der Waals surface area contributed by atoms with Crippen molar-refractivity contribution in [1.29, 1.82) is 0 Å². The summed E-state index contributed by atoms with van der Waals surface area (Å²) in [6.45, 7) is 4.16. The Labute approximate surface area is 130 Å². The molecule has 1 saturated heterocycles. The van der Waals surface area contributed by atoms with E-state index in [4.69, 9.17) is 4.74 Å². The Morgan fingerprint density at radius 3 is 2.86 bits per heavy atom. The lowest BCUT2D eigenvalue weighted by Gasteiger charge is -2.33. The smallest absolute Gasteiger partial charge is 0.132 e. The molecule has 1 fully saturated rings. The number of nitrogens with zero attached hydrogens (tertiary/aromatic N) is 5. The van der Waals surface area contributed by atoms with Gasteiger partial charge in [0, 0.05) is 26.8 Å². The number of aryl methyl sites for hydroxylation is 1. The number of hydrogen-bond acceptors (Lipinski definition) is 6. The molecule has 1 aliphatic rings. The van der Waals surface area contributed by atoms with E-state index in [1.165, 1.54) is 0 Å². The van der Waals surface area contributed by atoms with Crippen molar-refractivity contribution in [3.63, 3.8) is 0 Å². The van der Waals surface area contributed by atoms with Crippen LogP contribution in [0.5, 0.6) is 0 Å². The van der Waals surface area contributed by atoms with Crippen molar-refractivity contribution in [1.82, 2.24) is 15.0 Å². The number of rotatable bonds is 3. The number of aromatic nitrogens is 3. The van der Waals surface area contributed by atoms with E-state index in [1.807, 2.05) is 50.2 Å². The van der Waals surface area contributed by atoms with E-state index in [-0.39, 0.29) is 6.10 Å². The van der Waals surface area contributed by atoms with E-state index < -0.39 is 0 Å². The van der Waals surface area contributed by atoms with Crippen LogP contribution in [0.15, 0.2) is 30.5 Å². The lowest BCUT2D eigenvalue weighted by molar-refractivity contribution is 0.0368. The van der Waals surface area contributed by atoms with Crippen LogP contribution in [0, 0.1) is 6.92 Å². The third-order valence-corrected chi connectivity index (χ3v) is 3.70. The average molecular weight is 299 g/mol. The zero-order valence-corrected chi connectivity index (χ0v) is 13.2. The molecule has 6 nitrogen and oxygen atoms in total. The van der Waals surface area contributed by atoms with E-state index in [0.717, 1.165) is 36.2 Å². The lowest BCUT2D eigenvalue weighted by atomic mass is 10.2. The van der Waals surface area contributed by atoms with Crippen LogP contribution in [-0.4, -0.2) is 48.7 Å². The van der Waals surface area contributed by atoms with Crippen molar-refractivity contribution < 1.29 is 4.74 Å². The molecule has 0 amide bonds. The first-order chi connectivity index (χ1) is 10.6. The number of hydrogen-bond donors (Lipinski definition) is 0. The lowest BCUT2D eigenvalue weighted by Crippen LogP contribution is -2.39. The average Bonchev–Trinajstić information content (AvgIpc) is 2.55. The summed E-state index contributed by atoms with van der Waals surface area (Å²) in [5, 5.41) is 0. The van der Waals surface area contributed by atoms with Crippen molar-refractivity contribution in [2.24, 2.45) is 0 Å². The molecule has 2 aromatic rings. The maximum Gasteiger partial charge on any atom is 0.132 e. The van der Waals surface area contributed by atoms with Crippen molar-refractivity contribution in [3.8, 4) is 0 Å². The second-order valence-corrected chi connectivity index (χ2v) is 5.58. The Bertz CT molecular complexity index is 646. The molecule has 3 heterocycles. The van der Waals surface area contributed by atoms with E-state index >= 15 is 0 Å². The number of anilines is 2. The molecule has 1 atom stereocenters. The van der Waals surface area contributed by atoms with E-state index in [2.05, 4.69) is 19.9 Å². The summed E-state index contributed by atoms with van der Waals surface area (Å²) in [5.74, 6) is 2.67. The van der Waals surface area contributed by atoms with Gasteiger partial charge in [0.05, 0.1) is 18.8 Å². The highest BCUT2D eigenvalue weighted by Gasteiger charge is 2.24. The third kappa shape index (κ3) is 3.17. The molecule has 0 aliphatic carbocycles. The van der Waals surface area contributed by atoms with Crippen molar-refractivity contribution in [2.75, 3.05) is 43.6 Å². The first kappa shape index (κ1) is 14.7. The molecule has 0 saturated carbocycles. The molecule has 22 heavy (non-hydrogen) atoms. The summed E-state index contributed by atoms with van der Waals surface area (Å²) in [4.78, 5) is 17.6. The molecule has 2 aromatic heterocycles. The Hall–Kier alpha value is -2.21. The molecule has 3 rings (SSSR count). The fourth-order valence-electron chi connectivity index (χ4n) is 2.52. The van der Waals surface area contributed by atoms with Crippen LogP contribution >= 0.6 is 0 Å². The quantitative estimate of drug-likeness (QED) is 0.862. The van der Waals surface area contributed by atoms with Gasteiger partial charge >= 0.3 is 0 Å². The van der Waals surface area contributed by atoms with Crippen LogP contribution in [-0.2, 0) is 4.74 Å². The first-order valence-corrected chi connectivity index (χ1v) is 7.44. The van der Waals surface area contributed by atoms with Gasteiger partial charge < -0.3 is 14.5 Å². The molecule has 1 unspecified atom stereocenters. The second kappa shape index (κ2) is 6.27. The minimum Gasteiger partial charge on any atom is -0.368 e. The third-order valence-electron chi connectivity index (χ3n) is 3.70. The summed E-state index contributed by atoms with van der Waals surface area (Å²) in [7, 11) is 3.98. The summed E-state index contributed by atoms with van der Waals surface area (Å²) in [6, 6.07) is 7.98. The van der Waals surface area contributed by atoms with Gasteiger partial charge in [-0.15, -0.1) is 0 Å². The molecular weight excluding hydrogens is 278 g/mol. The van der Waals surface area contributed by atoms with Gasteiger partial charge in [-0.3, -0.25) is 0 Å². The molecular formula is C16H21N5O. The van der Waals surface area contributed by atoms with Crippen LogP contribution in [0.4, 0.5) is 11.6 Å². The van der Waals surface area contributed by atoms with Crippen LogP contribution in [0.25, 0.3) is 0 Å². The Morgan fingerprint density at radius 1 is 1.23 bits per heavy atom.